The first-order chi connectivity index (χ1) is 7.27. The number of aliphatic hydroxyl groups excluding tert-OH is 1. The molecule has 1 atom stereocenters. The van der Waals surface area contributed by atoms with E-state index in [2.05, 4.69) is 0 Å². The molecule has 0 radical (unpaired) electrons. The van der Waals surface area contributed by atoms with Gasteiger partial charge >= 0.3 is 0 Å². The van der Waals surface area contributed by atoms with E-state index in [1.165, 1.54) is 0 Å². The van der Waals surface area contributed by atoms with E-state index in [4.69, 9.17) is 0 Å². The lowest BCUT2D eigenvalue weighted by molar-refractivity contribution is 0.0785. The molecule has 1 heterocycles. The minimum Gasteiger partial charge on any atom is -0.389 e. The fourth-order valence-electron chi connectivity index (χ4n) is 1.56. The van der Waals surface area contributed by atoms with Crippen molar-refractivity contribution < 1.29 is 9.90 Å². The van der Waals surface area contributed by atoms with Crippen LogP contribution in [0.15, 0.2) is 42.6 Å². The van der Waals surface area contributed by atoms with Crippen LogP contribution in [0.4, 0.5) is 0 Å². The Morgan fingerprint density at radius 3 is 2.67 bits per heavy atom. The van der Waals surface area contributed by atoms with Crippen LogP contribution >= 0.6 is 0 Å². The van der Waals surface area contributed by atoms with Gasteiger partial charge in [0.2, 0.25) is 0 Å². The SMILES string of the molecule is O=C(c1ccccc1)N1C=CC(O)CC1. The zero-order chi connectivity index (χ0) is 10.7. The third kappa shape index (κ3) is 2.25. The van der Waals surface area contributed by atoms with Crippen LogP contribution in [0, 0.1) is 0 Å². The van der Waals surface area contributed by atoms with Crippen molar-refractivity contribution >= 4 is 5.91 Å². The van der Waals surface area contributed by atoms with Gasteiger partial charge in [-0.1, -0.05) is 18.2 Å². The van der Waals surface area contributed by atoms with Crippen LogP contribution in [0.2, 0.25) is 0 Å². The quantitative estimate of drug-likeness (QED) is 0.749. The standard InChI is InChI=1S/C12H13NO2/c14-11-6-8-13(9-7-11)12(15)10-4-2-1-3-5-10/h1-6,8,11,14H,7,9H2. The second kappa shape index (κ2) is 4.28. The molecule has 3 heteroatoms. The number of amides is 1. The van der Waals surface area contributed by atoms with Crippen molar-refractivity contribution in [3.63, 3.8) is 0 Å². The Kier molecular flexibility index (Phi) is 2.83. The summed E-state index contributed by atoms with van der Waals surface area (Å²) in [7, 11) is 0. The Morgan fingerprint density at radius 1 is 1.33 bits per heavy atom. The fourth-order valence-corrected chi connectivity index (χ4v) is 1.56. The van der Waals surface area contributed by atoms with Gasteiger partial charge in [-0.15, -0.1) is 0 Å². The van der Waals surface area contributed by atoms with Crippen molar-refractivity contribution in [2.45, 2.75) is 12.5 Å². The number of hydrogen-bond donors (Lipinski definition) is 1. The molecule has 1 aliphatic heterocycles. The number of nitrogens with zero attached hydrogens (tertiary/aromatic N) is 1. The molecule has 0 fully saturated rings. The Hall–Kier alpha value is -1.61. The molecule has 0 aromatic heterocycles. The van der Waals surface area contributed by atoms with Crippen LogP contribution in [0.1, 0.15) is 16.8 Å². The van der Waals surface area contributed by atoms with Gasteiger partial charge in [0.1, 0.15) is 0 Å². The maximum absolute atomic E-state index is 11.9. The molecular weight excluding hydrogens is 190 g/mol. The summed E-state index contributed by atoms with van der Waals surface area (Å²) in [6.07, 6.45) is 3.49. The molecule has 3 nitrogen and oxygen atoms in total. The van der Waals surface area contributed by atoms with Crippen LogP contribution in [-0.4, -0.2) is 28.6 Å². The highest BCUT2D eigenvalue weighted by atomic mass is 16.3. The lowest BCUT2D eigenvalue weighted by atomic mass is 10.1. The van der Waals surface area contributed by atoms with Gasteiger partial charge < -0.3 is 10.0 Å². The lowest BCUT2D eigenvalue weighted by Crippen LogP contribution is -2.32. The van der Waals surface area contributed by atoms with Crippen LogP contribution < -0.4 is 0 Å². The van der Waals surface area contributed by atoms with E-state index in [9.17, 15) is 9.90 Å². The average Bonchev–Trinajstić information content (AvgIpc) is 2.30. The van der Waals surface area contributed by atoms with E-state index in [-0.39, 0.29) is 5.91 Å². The topological polar surface area (TPSA) is 40.5 Å². The van der Waals surface area contributed by atoms with Crippen LogP contribution in [0.3, 0.4) is 0 Å². The first-order valence-corrected chi connectivity index (χ1v) is 5.00. The summed E-state index contributed by atoms with van der Waals surface area (Å²) < 4.78 is 0. The smallest absolute Gasteiger partial charge is 0.257 e. The maximum atomic E-state index is 11.9. The minimum absolute atomic E-state index is 0.0150. The summed E-state index contributed by atoms with van der Waals surface area (Å²) in [5, 5.41) is 9.25. The lowest BCUT2D eigenvalue weighted by Gasteiger charge is -2.23. The van der Waals surface area contributed by atoms with E-state index < -0.39 is 6.10 Å². The second-order valence-electron chi connectivity index (χ2n) is 3.56. The van der Waals surface area contributed by atoms with Crippen LogP contribution in [-0.2, 0) is 0 Å². The van der Waals surface area contributed by atoms with E-state index in [1.807, 2.05) is 18.2 Å². The van der Waals surface area contributed by atoms with Gasteiger partial charge in [0, 0.05) is 18.3 Å². The van der Waals surface area contributed by atoms with Crippen LogP contribution in [0.5, 0.6) is 0 Å². The maximum Gasteiger partial charge on any atom is 0.257 e. The molecule has 1 amide bonds. The first kappa shape index (κ1) is 9.93. The molecule has 78 valence electrons. The Morgan fingerprint density at radius 2 is 2.07 bits per heavy atom. The van der Waals surface area contributed by atoms with Gasteiger partial charge in [0.05, 0.1) is 6.10 Å². The molecular formula is C12H13NO2. The summed E-state index contributed by atoms with van der Waals surface area (Å²) in [6.45, 7) is 0.575. The predicted octanol–water partition coefficient (Wildman–Crippen LogP) is 1.41. The Bertz CT molecular complexity index is 372. The summed E-state index contributed by atoms with van der Waals surface area (Å²) in [6, 6.07) is 9.15. The van der Waals surface area contributed by atoms with Gasteiger partial charge in [0.15, 0.2) is 0 Å². The molecule has 0 saturated heterocycles. The Balaban J connectivity index is 2.13. The highest BCUT2D eigenvalue weighted by Crippen LogP contribution is 2.11. The van der Waals surface area contributed by atoms with Crippen LogP contribution in [0.25, 0.3) is 0 Å². The summed E-state index contributed by atoms with van der Waals surface area (Å²) >= 11 is 0. The van der Waals surface area contributed by atoms with Gasteiger partial charge in [-0.2, -0.15) is 0 Å². The third-order valence-electron chi connectivity index (χ3n) is 2.44. The van der Waals surface area contributed by atoms with Crippen molar-refractivity contribution in [2.75, 3.05) is 6.54 Å². The number of benzene rings is 1. The van der Waals surface area contributed by atoms with Crippen molar-refractivity contribution in [1.82, 2.24) is 4.90 Å². The molecule has 1 N–H and O–H groups in total. The molecule has 0 spiro atoms. The molecule has 1 aromatic rings. The average molecular weight is 203 g/mol. The number of hydrogen-bond acceptors (Lipinski definition) is 2. The van der Waals surface area contributed by atoms with E-state index >= 15 is 0 Å². The Labute approximate surface area is 88.6 Å². The van der Waals surface area contributed by atoms with Gasteiger partial charge in [-0.3, -0.25) is 4.79 Å². The third-order valence-corrected chi connectivity index (χ3v) is 2.44. The number of aliphatic hydroxyl groups is 1. The predicted molar refractivity (Wildman–Crippen MR) is 57.2 cm³/mol. The summed E-state index contributed by atoms with van der Waals surface area (Å²) in [5.41, 5.74) is 0.679. The van der Waals surface area contributed by atoms with Crippen molar-refractivity contribution in [1.29, 1.82) is 0 Å². The van der Waals surface area contributed by atoms with E-state index in [0.717, 1.165) is 0 Å². The van der Waals surface area contributed by atoms with E-state index in [1.54, 1.807) is 29.3 Å². The second-order valence-corrected chi connectivity index (χ2v) is 3.56. The first-order valence-electron chi connectivity index (χ1n) is 5.00. The van der Waals surface area contributed by atoms with Crippen molar-refractivity contribution in [3.05, 3.63) is 48.2 Å². The molecule has 0 bridgehead atoms. The van der Waals surface area contributed by atoms with Gasteiger partial charge in [0.25, 0.3) is 5.91 Å². The molecule has 1 aliphatic rings. The largest absolute Gasteiger partial charge is 0.389 e. The molecule has 0 saturated carbocycles. The number of carbonyl (C=O) groups is 1. The monoisotopic (exact) mass is 203 g/mol. The van der Waals surface area contributed by atoms with Gasteiger partial charge in [-0.25, -0.2) is 0 Å². The molecule has 2 rings (SSSR count). The van der Waals surface area contributed by atoms with Crippen molar-refractivity contribution in [2.24, 2.45) is 0 Å². The van der Waals surface area contributed by atoms with Gasteiger partial charge in [-0.05, 0) is 24.6 Å². The zero-order valence-electron chi connectivity index (χ0n) is 8.34. The summed E-state index contributed by atoms with van der Waals surface area (Å²) in [5.74, 6) is -0.0150. The van der Waals surface area contributed by atoms with Crippen molar-refractivity contribution in [3.8, 4) is 0 Å². The zero-order valence-corrected chi connectivity index (χ0v) is 8.34. The molecule has 0 aliphatic carbocycles. The highest BCUT2D eigenvalue weighted by molar-refractivity contribution is 5.94. The highest BCUT2D eigenvalue weighted by Gasteiger charge is 2.17. The fraction of sp³-hybridized carbons (Fsp3) is 0.250. The minimum atomic E-state index is -0.412. The molecule has 1 unspecified atom stereocenters. The van der Waals surface area contributed by atoms with E-state index in [0.29, 0.717) is 18.5 Å². The normalized spacial score (nSPS) is 20.3. The summed E-state index contributed by atoms with van der Waals surface area (Å²) in [4.78, 5) is 13.5. The number of carbonyl (C=O) groups excluding carboxylic acids is 1. The molecule has 1 aromatic carbocycles. The number of rotatable bonds is 1. The molecule has 15 heavy (non-hydrogen) atoms.